The van der Waals surface area contributed by atoms with Gasteiger partial charge in [-0.1, -0.05) is 51.1 Å². The summed E-state index contributed by atoms with van der Waals surface area (Å²) >= 11 is 0. The molecule has 0 saturated heterocycles. The maximum absolute atomic E-state index is 6.29. The van der Waals surface area contributed by atoms with Crippen LogP contribution in [0.25, 0.3) is 0 Å². The first-order valence-corrected chi connectivity index (χ1v) is 10.6. The van der Waals surface area contributed by atoms with Crippen LogP contribution >= 0.6 is 0 Å². The third kappa shape index (κ3) is 5.41. The van der Waals surface area contributed by atoms with E-state index in [9.17, 15) is 0 Å². The van der Waals surface area contributed by atoms with Gasteiger partial charge in [0.1, 0.15) is 23.0 Å². The summed E-state index contributed by atoms with van der Waals surface area (Å²) < 4.78 is 18.4. The zero-order chi connectivity index (χ0) is 22.6. The molecule has 0 amide bonds. The van der Waals surface area contributed by atoms with Gasteiger partial charge in [0.15, 0.2) is 11.5 Å². The van der Waals surface area contributed by atoms with Gasteiger partial charge in [-0.2, -0.15) is 0 Å². The largest absolute Gasteiger partial charge is 0.457 e. The molecule has 32 heavy (non-hydrogen) atoms. The predicted octanol–water partition coefficient (Wildman–Crippen LogP) is 7.94. The van der Waals surface area contributed by atoms with Crippen LogP contribution in [0.2, 0.25) is 0 Å². The highest BCUT2D eigenvalue weighted by molar-refractivity contribution is 5.50. The standard InChI is InChI=1S/C28H27NO3/c1-28(2,3)20-12-17-26(31-22-8-5-4-6-9-22)27(18-20)32-25-11-7-10-24(19-25)30-23-15-13-21(29)14-16-23/h4-19H,29H2,1-3H3. The van der Waals surface area contributed by atoms with Crippen LogP contribution in [0.3, 0.4) is 0 Å². The van der Waals surface area contributed by atoms with Crippen LogP contribution in [0.5, 0.6) is 34.5 Å². The van der Waals surface area contributed by atoms with Gasteiger partial charge < -0.3 is 19.9 Å². The van der Waals surface area contributed by atoms with Crippen molar-refractivity contribution in [3.05, 3.63) is 103 Å². The number of benzene rings is 4. The second kappa shape index (κ2) is 9.06. The first-order chi connectivity index (χ1) is 15.4. The lowest BCUT2D eigenvalue weighted by molar-refractivity contribution is 0.413. The second-order valence-corrected chi connectivity index (χ2v) is 8.57. The Morgan fingerprint density at radius 3 is 1.81 bits per heavy atom. The van der Waals surface area contributed by atoms with Gasteiger partial charge in [0, 0.05) is 11.8 Å². The van der Waals surface area contributed by atoms with E-state index in [1.165, 1.54) is 0 Å². The van der Waals surface area contributed by atoms with Gasteiger partial charge in [-0.05, 0) is 71.6 Å². The number of rotatable bonds is 6. The van der Waals surface area contributed by atoms with Crippen LogP contribution < -0.4 is 19.9 Å². The van der Waals surface area contributed by atoms with Crippen LogP contribution in [0.4, 0.5) is 5.69 Å². The van der Waals surface area contributed by atoms with E-state index >= 15 is 0 Å². The topological polar surface area (TPSA) is 53.7 Å². The lowest BCUT2D eigenvalue weighted by Crippen LogP contribution is -2.11. The SMILES string of the molecule is CC(C)(C)c1ccc(Oc2ccccc2)c(Oc2cccc(Oc3ccc(N)cc3)c2)c1. The van der Waals surface area contributed by atoms with Gasteiger partial charge in [0.05, 0.1) is 0 Å². The first-order valence-electron chi connectivity index (χ1n) is 10.6. The number of nitrogens with two attached hydrogens (primary N) is 1. The molecule has 0 spiro atoms. The van der Waals surface area contributed by atoms with Gasteiger partial charge in [0.25, 0.3) is 0 Å². The van der Waals surface area contributed by atoms with Gasteiger partial charge in [0.2, 0.25) is 0 Å². The van der Waals surface area contributed by atoms with Crippen LogP contribution in [0, 0.1) is 0 Å². The molecule has 4 aromatic carbocycles. The summed E-state index contributed by atoms with van der Waals surface area (Å²) in [4.78, 5) is 0. The Morgan fingerprint density at radius 2 is 1.12 bits per heavy atom. The Labute approximate surface area is 189 Å². The summed E-state index contributed by atoms with van der Waals surface area (Å²) in [7, 11) is 0. The van der Waals surface area contributed by atoms with Gasteiger partial charge in [-0.15, -0.1) is 0 Å². The quantitative estimate of drug-likeness (QED) is 0.319. The monoisotopic (exact) mass is 425 g/mol. The smallest absolute Gasteiger partial charge is 0.170 e. The molecular formula is C28H27NO3. The molecule has 4 heteroatoms. The average molecular weight is 426 g/mol. The minimum absolute atomic E-state index is 0.0243. The summed E-state index contributed by atoms with van der Waals surface area (Å²) in [6.45, 7) is 6.51. The lowest BCUT2D eigenvalue weighted by Gasteiger charge is -2.21. The highest BCUT2D eigenvalue weighted by Gasteiger charge is 2.18. The fourth-order valence-electron chi connectivity index (χ4n) is 3.15. The van der Waals surface area contributed by atoms with Crippen LogP contribution in [-0.4, -0.2) is 0 Å². The van der Waals surface area contributed by atoms with Crippen molar-refractivity contribution in [2.45, 2.75) is 26.2 Å². The van der Waals surface area contributed by atoms with Gasteiger partial charge in [-0.25, -0.2) is 0 Å². The van der Waals surface area contributed by atoms with E-state index in [1.54, 1.807) is 12.1 Å². The minimum Gasteiger partial charge on any atom is -0.457 e. The van der Waals surface area contributed by atoms with Crippen molar-refractivity contribution >= 4 is 5.69 Å². The van der Waals surface area contributed by atoms with Crippen molar-refractivity contribution in [1.29, 1.82) is 0 Å². The molecule has 4 nitrogen and oxygen atoms in total. The van der Waals surface area contributed by atoms with Crippen molar-refractivity contribution < 1.29 is 14.2 Å². The van der Waals surface area contributed by atoms with Crippen molar-refractivity contribution in [3.8, 4) is 34.5 Å². The third-order valence-electron chi connectivity index (χ3n) is 4.93. The second-order valence-electron chi connectivity index (χ2n) is 8.57. The van der Waals surface area contributed by atoms with E-state index in [0.29, 0.717) is 34.4 Å². The fraction of sp³-hybridized carbons (Fsp3) is 0.143. The molecule has 0 aliphatic rings. The zero-order valence-corrected chi connectivity index (χ0v) is 18.5. The summed E-state index contributed by atoms with van der Waals surface area (Å²) in [6, 6.07) is 30.6. The molecule has 4 rings (SSSR count). The molecule has 0 unspecified atom stereocenters. The summed E-state index contributed by atoms with van der Waals surface area (Å²) in [5.74, 6) is 4.08. The maximum Gasteiger partial charge on any atom is 0.170 e. The number of ether oxygens (including phenoxy) is 3. The molecule has 0 saturated carbocycles. The molecule has 0 aromatic heterocycles. The van der Waals surface area contributed by atoms with E-state index in [0.717, 1.165) is 11.3 Å². The van der Waals surface area contributed by atoms with E-state index in [-0.39, 0.29) is 5.41 Å². The Kier molecular flexibility index (Phi) is 6.04. The lowest BCUT2D eigenvalue weighted by atomic mass is 9.87. The third-order valence-corrected chi connectivity index (χ3v) is 4.93. The average Bonchev–Trinajstić information content (AvgIpc) is 2.77. The van der Waals surface area contributed by atoms with Crippen LogP contribution in [0.1, 0.15) is 26.3 Å². The van der Waals surface area contributed by atoms with Crippen LogP contribution in [0.15, 0.2) is 97.1 Å². The number of para-hydroxylation sites is 1. The van der Waals surface area contributed by atoms with E-state index < -0.39 is 0 Å². The molecule has 0 atom stereocenters. The summed E-state index contributed by atoms with van der Waals surface area (Å²) in [5.41, 5.74) is 7.58. The minimum atomic E-state index is -0.0243. The Morgan fingerprint density at radius 1 is 0.531 bits per heavy atom. The predicted molar refractivity (Wildman–Crippen MR) is 129 cm³/mol. The van der Waals surface area contributed by atoms with E-state index in [1.807, 2.05) is 78.9 Å². The maximum atomic E-state index is 6.29. The molecule has 0 aliphatic heterocycles. The number of nitrogen functional groups attached to an aromatic ring is 1. The molecule has 2 N–H and O–H groups in total. The zero-order valence-electron chi connectivity index (χ0n) is 18.5. The van der Waals surface area contributed by atoms with Gasteiger partial charge >= 0.3 is 0 Å². The van der Waals surface area contributed by atoms with Crippen molar-refractivity contribution in [2.24, 2.45) is 0 Å². The molecule has 0 heterocycles. The molecule has 0 fully saturated rings. The number of anilines is 1. The van der Waals surface area contributed by atoms with Crippen molar-refractivity contribution in [3.63, 3.8) is 0 Å². The van der Waals surface area contributed by atoms with Crippen molar-refractivity contribution in [1.82, 2.24) is 0 Å². The first kappa shape index (κ1) is 21.3. The molecule has 0 radical (unpaired) electrons. The number of hydrogen-bond acceptors (Lipinski definition) is 4. The van der Waals surface area contributed by atoms with Gasteiger partial charge in [-0.3, -0.25) is 0 Å². The van der Waals surface area contributed by atoms with Crippen molar-refractivity contribution in [2.75, 3.05) is 5.73 Å². The molecule has 4 aromatic rings. The molecular weight excluding hydrogens is 398 g/mol. The number of hydrogen-bond donors (Lipinski definition) is 1. The fourth-order valence-corrected chi connectivity index (χ4v) is 3.15. The highest BCUT2D eigenvalue weighted by atomic mass is 16.5. The normalized spacial score (nSPS) is 11.1. The van der Waals surface area contributed by atoms with E-state index in [2.05, 4.69) is 26.8 Å². The summed E-state index contributed by atoms with van der Waals surface area (Å²) in [5, 5.41) is 0. The van der Waals surface area contributed by atoms with E-state index in [4.69, 9.17) is 19.9 Å². The van der Waals surface area contributed by atoms with Crippen LogP contribution in [-0.2, 0) is 5.41 Å². The molecule has 162 valence electrons. The molecule has 0 bridgehead atoms. The molecule has 0 aliphatic carbocycles. The Bertz CT molecular complexity index is 1180. The highest BCUT2D eigenvalue weighted by Crippen LogP contribution is 2.39. The Hall–Kier alpha value is -3.92. The Balaban J connectivity index is 1.62. The summed E-state index contributed by atoms with van der Waals surface area (Å²) in [6.07, 6.45) is 0.